The lowest BCUT2D eigenvalue weighted by molar-refractivity contribution is 0.300. The highest BCUT2D eigenvalue weighted by Gasteiger charge is 2.19. The van der Waals surface area contributed by atoms with Crippen molar-refractivity contribution < 1.29 is 13.5 Å². The van der Waals surface area contributed by atoms with Crippen molar-refractivity contribution >= 4 is 10.8 Å². The Balaban J connectivity index is 1.59. The average Bonchev–Trinajstić information content (AvgIpc) is 2.86. The van der Waals surface area contributed by atoms with Gasteiger partial charge >= 0.3 is 0 Å². The van der Waals surface area contributed by atoms with E-state index in [1.54, 1.807) is 6.92 Å². The first-order valence-corrected chi connectivity index (χ1v) is 12.3. The van der Waals surface area contributed by atoms with Gasteiger partial charge in [0.15, 0.2) is 11.6 Å². The standard InChI is InChI=1S/C31H30F2O/c1-3-7-22-10-12-23(13-11-22)14-15-24-16-17-25(28-9-6-5-8-27(24)28)18-19-26-20-21-29(34-4-2)31(33)30(26)32/h5-6,8-9,16-17,20-23H,3-4,7,10-13H2,1-2H3/t22-,23-. The molecule has 1 nitrogen and oxygen atoms in total. The van der Waals surface area contributed by atoms with Crippen LogP contribution in [0.15, 0.2) is 48.5 Å². The minimum Gasteiger partial charge on any atom is -0.491 e. The zero-order valence-electron chi connectivity index (χ0n) is 19.9. The van der Waals surface area contributed by atoms with Crippen LogP contribution >= 0.6 is 0 Å². The van der Waals surface area contributed by atoms with Gasteiger partial charge in [-0.15, -0.1) is 0 Å². The van der Waals surface area contributed by atoms with Gasteiger partial charge in [-0.2, -0.15) is 4.39 Å². The van der Waals surface area contributed by atoms with Crippen LogP contribution in [0.4, 0.5) is 8.78 Å². The van der Waals surface area contributed by atoms with Gasteiger partial charge in [0, 0.05) is 17.0 Å². The van der Waals surface area contributed by atoms with Crippen LogP contribution in [0.1, 0.15) is 69.1 Å². The second-order valence-corrected chi connectivity index (χ2v) is 8.90. The van der Waals surface area contributed by atoms with Crippen LogP contribution in [0.2, 0.25) is 0 Å². The van der Waals surface area contributed by atoms with Gasteiger partial charge in [0.2, 0.25) is 5.82 Å². The molecule has 1 aliphatic carbocycles. The first kappa shape index (κ1) is 23.8. The van der Waals surface area contributed by atoms with E-state index in [4.69, 9.17) is 4.74 Å². The number of hydrogen-bond donors (Lipinski definition) is 0. The molecular formula is C31H30F2O. The molecule has 0 aliphatic heterocycles. The maximum Gasteiger partial charge on any atom is 0.201 e. The zero-order valence-corrected chi connectivity index (χ0v) is 19.9. The fraction of sp³-hybridized carbons (Fsp3) is 0.355. The third kappa shape index (κ3) is 5.43. The predicted octanol–water partition coefficient (Wildman–Crippen LogP) is 7.87. The van der Waals surface area contributed by atoms with Gasteiger partial charge in [-0.1, -0.05) is 67.7 Å². The quantitative estimate of drug-likeness (QED) is 0.363. The summed E-state index contributed by atoms with van der Waals surface area (Å²) in [5.41, 5.74) is 1.75. The van der Waals surface area contributed by atoms with Gasteiger partial charge in [-0.25, -0.2) is 4.39 Å². The molecular weight excluding hydrogens is 426 g/mol. The molecule has 3 aromatic carbocycles. The molecule has 0 radical (unpaired) electrons. The Hall–Kier alpha value is -3.30. The molecule has 4 rings (SSSR count). The zero-order chi connectivity index (χ0) is 23.9. The maximum atomic E-state index is 14.4. The summed E-state index contributed by atoms with van der Waals surface area (Å²) < 4.78 is 33.7. The molecule has 3 heteroatoms. The van der Waals surface area contributed by atoms with Gasteiger partial charge < -0.3 is 4.74 Å². The van der Waals surface area contributed by atoms with Crippen molar-refractivity contribution in [3.05, 3.63) is 76.9 Å². The first-order valence-electron chi connectivity index (χ1n) is 12.3. The third-order valence-electron chi connectivity index (χ3n) is 6.56. The monoisotopic (exact) mass is 456 g/mol. The van der Waals surface area contributed by atoms with Gasteiger partial charge in [-0.3, -0.25) is 0 Å². The summed E-state index contributed by atoms with van der Waals surface area (Å²) in [6.07, 6.45) is 7.53. The van der Waals surface area contributed by atoms with Crippen LogP contribution < -0.4 is 4.74 Å². The molecule has 1 fully saturated rings. The predicted molar refractivity (Wildman–Crippen MR) is 135 cm³/mol. The molecule has 0 spiro atoms. The minimum absolute atomic E-state index is 0.00702. The van der Waals surface area contributed by atoms with Gasteiger partial charge in [-0.05, 0) is 73.6 Å². The normalized spacial score (nSPS) is 17.4. The summed E-state index contributed by atoms with van der Waals surface area (Å²) >= 11 is 0. The second kappa shape index (κ2) is 11.2. The highest BCUT2D eigenvalue weighted by atomic mass is 19.2. The van der Waals surface area contributed by atoms with Crippen molar-refractivity contribution in [1.29, 1.82) is 0 Å². The molecule has 0 heterocycles. The smallest absolute Gasteiger partial charge is 0.201 e. The van der Waals surface area contributed by atoms with Gasteiger partial charge in [0.1, 0.15) is 0 Å². The Labute approximate surface area is 201 Å². The molecule has 0 amide bonds. The van der Waals surface area contributed by atoms with Crippen molar-refractivity contribution in [2.75, 3.05) is 6.61 Å². The fourth-order valence-electron chi connectivity index (χ4n) is 4.73. The Morgan fingerprint density at radius 3 is 2.03 bits per heavy atom. The van der Waals surface area contributed by atoms with E-state index in [-0.39, 0.29) is 17.9 Å². The van der Waals surface area contributed by atoms with Crippen LogP contribution in [0, 0.1) is 47.2 Å². The number of rotatable bonds is 4. The minimum atomic E-state index is -1.01. The Morgan fingerprint density at radius 1 is 0.765 bits per heavy atom. The molecule has 1 saturated carbocycles. The first-order chi connectivity index (χ1) is 16.6. The van der Waals surface area contributed by atoms with Crippen molar-refractivity contribution in [3.8, 4) is 29.4 Å². The number of benzene rings is 3. The molecule has 0 saturated heterocycles. The Kier molecular flexibility index (Phi) is 7.87. The molecule has 34 heavy (non-hydrogen) atoms. The summed E-state index contributed by atoms with van der Waals surface area (Å²) in [7, 11) is 0. The lowest BCUT2D eigenvalue weighted by Crippen LogP contribution is -2.13. The van der Waals surface area contributed by atoms with Crippen LogP contribution in [-0.4, -0.2) is 6.61 Å². The summed E-state index contributed by atoms with van der Waals surface area (Å²) in [6.45, 7) is 4.25. The van der Waals surface area contributed by atoms with E-state index in [9.17, 15) is 8.78 Å². The molecule has 1 aliphatic rings. The van der Waals surface area contributed by atoms with E-state index in [1.165, 1.54) is 50.7 Å². The lowest BCUT2D eigenvalue weighted by Gasteiger charge is -2.25. The highest BCUT2D eigenvalue weighted by molar-refractivity contribution is 5.93. The van der Waals surface area contributed by atoms with Crippen molar-refractivity contribution in [3.63, 3.8) is 0 Å². The van der Waals surface area contributed by atoms with Gasteiger partial charge in [0.05, 0.1) is 12.2 Å². The van der Waals surface area contributed by atoms with E-state index >= 15 is 0 Å². The molecule has 0 atom stereocenters. The average molecular weight is 457 g/mol. The molecule has 0 aromatic heterocycles. The van der Waals surface area contributed by atoms with Crippen molar-refractivity contribution in [2.45, 2.75) is 52.4 Å². The van der Waals surface area contributed by atoms with E-state index in [0.29, 0.717) is 5.92 Å². The van der Waals surface area contributed by atoms with E-state index in [1.807, 2.05) is 36.4 Å². The van der Waals surface area contributed by atoms with Crippen LogP contribution in [0.25, 0.3) is 10.8 Å². The second-order valence-electron chi connectivity index (χ2n) is 8.90. The summed E-state index contributed by atoms with van der Waals surface area (Å²) in [5.74, 6) is 12.0. The lowest BCUT2D eigenvalue weighted by atomic mass is 9.80. The Morgan fingerprint density at radius 2 is 1.38 bits per heavy atom. The molecule has 3 aromatic rings. The van der Waals surface area contributed by atoms with Crippen LogP contribution in [0.5, 0.6) is 5.75 Å². The van der Waals surface area contributed by atoms with Crippen LogP contribution in [0.3, 0.4) is 0 Å². The largest absolute Gasteiger partial charge is 0.491 e. The fourth-order valence-corrected chi connectivity index (χ4v) is 4.73. The van der Waals surface area contributed by atoms with Crippen LogP contribution in [-0.2, 0) is 0 Å². The summed E-state index contributed by atoms with van der Waals surface area (Å²) in [5, 5.41) is 1.99. The third-order valence-corrected chi connectivity index (χ3v) is 6.56. The Bertz CT molecular complexity index is 1280. The number of fused-ring (bicyclic) bond motifs is 1. The molecule has 0 bridgehead atoms. The topological polar surface area (TPSA) is 9.23 Å². The molecule has 0 N–H and O–H groups in total. The van der Waals surface area contributed by atoms with Crippen molar-refractivity contribution in [1.82, 2.24) is 0 Å². The maximum absolute atomic E-state index is 14.4. The van der Waals surface area contributed by atoms with E-state index in [2.05, 4.69) is 30.6 Å². The molecule has 174 valence electrons. The SMILES string of the molecule is CCC[C@H]1CC[C@H](C#Cc2ccc(C#Cc3ccc(OCC)c(F)c3F)c3ccccc23)CC1. The van der Waals surface area contributed by atoms with Gasteiger partial charge in [0.25, 0.3) is 0 Å². The number of hydrogen-bond acceptors (Lipinski definition) is 1. The van der Waals surface area contributed by atoms with Crippen molar-refractivity contribution in [2.24, 2.45) is 11.8 Å². The van der Waals surface area contributed by atoms with E-state index < -0.39 is 11.6 Å². The summed E-state index contributed by atoms with van der Waals surface area (Å²) in [6, 6.07) is 14.7. The number of halogens is 2. The highest BCUT2D eigenvalue weighted by Crippen LogP contribution is 2.31. The summed E-state index contributed by atoms with van der Waals surface area (Å²) in [4.78, 5) is 0. The molecule has 0 unspecified atom stereocenters. The number of ether oxygens (including phenoxy) is 1. The van der Waals surface area contributed by atoms with E-state index in [0.717, 1.165) is 27.8 Å².